The molecule has 6 nitrogen and oxygen atoms in total. The lowest BCUT2D eigenvalue weighted by atomic mass is 9.90. The Balaban J connectivity index is 1.07. The van der Waals surface area contributed by atoms with Crippen LogP contribution in [0.5, 0.6) is 0 Å². The second-order valence-electron chi connectivity index (χ2n) is 9.90. The van der Waals surface area contributed by atoms with Crippen LogP contribution in [-0.4, -0.2) is 45.9 Å². The average molecular weight is 435 g/mol. The minimum absolute atomic E-state index is 0.112. The van der Waals surface area contributed by atoms with Crippen molar-refractivity contribution in [1.82, 2.24) is 19.8 Å². The molecule has 1 atom stereocenters. The summed E-state index contributed by atoms with van der Waals surface area (Å²) in [5.74, 6) is 1.56. The monoisotopic (exact) mass is 434 g/mol. The highest BCUT2D eigenvalue weighted by atomic mass is 16.2. The van der Waals surface area contributed by atoms with Crippen molar-refractivity contribution in [2.75, 3.05) is 19.6 Å². The number of fused-ring (bicyclic) bond motifs is 1. The van der Waals surface area contributed by atoms with Crippen molar-refractivity contribution in [2.24, 2.45) is 18.4 Å². The van der Waals surface area contributed by atoms with Crippen LogP contribution < -0.4 is 5.32 Å². The Bertz CT molecular complexity index is 1050. The molecule has 2 aromatic rings. The number of benzene rings is 1. The Morgan fingerprint density at radius 2 is 2.00 bits per heavy atom. The second-order valence-corrected chi connectivity index (χ2v) is 9.90. The second kappa shape index (κ2) is 8.72. The van der Waals surface area contributed by atoms with E-state index in [0.29, 0.717) is 13.0 Å². The first-order valence-electron chi connectivity index (χ1n) is 12.2. The van der Waals surface area contributed by atoms with Crippen LogP contribution in [-0.2, 0) is 23.1 Å². The number of piperidine rings is 1. The van der Waals surface area contributed by atoms with E-state index in [1.54, 1.807) is 0 Å². The normalized spacial score (nSPS) is 22.1. The van der Waals surface area contributed by atoms with E-state index >= 15 is 0 Å². The number of nitrogens with one attached hydrogen (secondary N) is 1. The average Bonchev–Trinajstić information content (AvgIpc) is 3.42. The van der Waals surface area contributed by atoms with E-state index in [9.17, 15) is 9.59 Å². The molecule has 0 bridgehead atoms. The van der Waals surface area contributed by atoms with Crippen LogP contribution in [0.3, 0.4) is 0 Å². The Kier molecular flexibility index (Phi) is 5.78. The minimum atomic E-state index is 0.112. The van der Waals surface area contributed by atoms with Gasteiger partial charge in [-0.05, 0) is 62.5 Å². The van der Waals surface area contributed by atoms with E-state index in [1.165, 1.54) is 18.4 Å². The van der Waals surface area contributed by atoms with Crippen LogP contribution in [0.1, 0.15) is 57.2 Å². The van der Waals surface area contributed by atoms with Crippen LogP contribution in [0.4, 0.5) is 0 Å². The van der Waals surface area contributed by atoms with Gasteiger partial charge in [0.1, 0.15) is 5.82 Å². The predicted molar refractivity (Wildman–Crippen MR) is 125 cm³/mol. The van der Waals surface area contributed by atoms with E-state index in [2.05, 4.69) is 27.0 Å². The van der Waals surface area contributed by atoms with Crippen LogP contribution in [0.25, 0.3) is 11.0 Å². The number of hydrogen-bond acceptors (Lipinski definition) is 3. The summed E-state index contributed by atoms with van der Waals surface area (Å²) in [5, 5.41) is 3.14. The highest BCUT2D eigenvalue weighted by molar-refractivity contribution is 5.83. The molecule has 1 N–H and O–H groups in total. The summed E-state index contributed by atoms with van der Waals surface area (Å²) in [7, 11) is 2.03. The fraction of sp³-hybridized carbons (Fsp3) is 0.577. The van der Waals surface area contributed by atoms with Gasteiger partial charge in [0, 0.05) is 45.4 Å². The molecule has 5 rings (SSSR count). The zero-order chi connectivity index (χ0) is 22.1. The summed E-state index contributed by atoms with van der Waals surface area (Å²) in [4.78, 5) is 32.2. The number of hydrogen-bond donors (Lipinski definition) is 1. The molecule has 1 aromatic carbocycles. The van der Waals surface area contributed by atoms with E-state index in [-0.39, 0.29) is 23.1 Å². The molecule has 1 aliphatic heterocycles. The third-order valence-electron chi connectivity index (χ3n) is 7.91. The highest BCUT2D eigenvalue weighted by Crippen LogP contribution is 2.59. The van der Waals surface area contributed by atoms with Gasteiger partial charge in [-0.15, -0.1) is 0 Å². The Labute approximate surface area is 190 Å². The number of imidazole rings is 1. The number of carbonyl (C=O) groups is 2. The molecular weight excluding hydrogens is 400 g/mol. The van der Waals surface area contributed by atoms with Crippen molar-refractivity contribution in [2.45, 2.75) is 57.8 Å². The molecule has 1 unspecified atom stereocenters. The van der Waals surface area contributed by atoms with Gasteiger partial charge in [-0.25, -0.2) is 4.98 Å². The molecule has 0 radical (unpaired) electrons. The Morgan fingerprint density at radius 3 is 2.75 bits per heavy atom. The third kappa shape index (κ3) is 4.19. The number of nitrogens with zero attached hydrogens (tertiary/aromatic N) is 3. The van der Waals surface area contributed by atoms with E-state index in [0.717, 1.165) is 68.5 Å². The lowest BCUT2D eigenvalue weighted by Gasteiger charge is -2.33. The molecule has 6 heteroatoms. The number of aromatic nitrogens is 2. The number of amides is 2. The number of para-hydroxylation sites is 2. The third-order valence-corrected chi connectivity index (χ3v) is 7.91. The first kappa shape index (κ1) is 21.2. The summed E-state index contributed by atoms with van der Waals surface area (Å²) in [5.41, 5.74) is 3.57. The van der Waals surface area contributed by atoms with Gasteiger partial charge in [0.15, 0.2) is 0 Å². The number of rotatable bonds is 6. The topological polar surface area (TPSA) is 67.2 Å². The molecule has 3 aliphatic rings. The maximum Gasteiger partial charge on any atom is 0.226 e. The largest absolute Gasteiger partial charge is 0.355 e. The summed E-state index contributed by atoms with van der Waals surface area (Å²) >= 11 is 0. The van der Waals surface area contributed by atoms with Gasteiger partial charge < -0.3 is 14.8 Å². The fourth-order valence-corrected chi connectivity index (χ4v) is 5.68. The van der Waals surface area contributed by atoms with Gasteiger partial charge in [0.25, 0.3) is 0 Å². The van der Waals surface area contributed by atoms with E-state index in [1.807, 2.05) is 30.1 Å². The summed E-state index contributed by atoms with van der Waals surface area (Å²) < 4.78 is 2.11. The lowest BCUT2D eigenvalue weighted by Crippen LogP contribution is -2.41. The van der Waals surface area contributed by atoms with Crippen molar-refractivity contribution < 1.29 is 9.59 Å². The predicted octanol–water partition coefficient (Wildman–Crippen LogP) is 3.75. The summed E-state index contributed by atoms with van der Waals surface area (Å²) in [6.45, 7) is 2.22. The number of likely N-dealkylation sites (tertiary alicyclic amines) is 1. The highest BCUT2D eigenvalue weighted by Gasteiger charge is 2.58. The fourth-order valence-electron chi connectivity index (χ4n) is 5.68. The first-order chi connectivity index (χ1) is 15.6. The van der Waals surface area contributed by atoms with Crippen LogP contribution in [0.2, 0.25) is 0 Å². The van der Waals surface area contributed by atoms with Crippen LogP contribution in [0.15, 0.2) is 35.9 Å². The number of carbonyl (C=O) groups excluding carboxylic acids is 2. The van der Waals surface area contributed by atoms with Crippen molar-refractivity contribution in [3.8, 4) is 0 Å². The van der Waals surface area contributed by atoms with Crippen molar-refractivity contribution in [3.63, 3.8) is 0 Å². The Morgan fingerprint density at radius 1 is 1.19 bits per heavy atom. The van der Waals surface area contributed by atoms with Crippen LogP contribution in [0, 0.1) is 11.3 Å². The maximum absolute atomic E-state index is 12.8. The molecule has 2 heterocycles. The van der Waals surface area contributed by atoms with Crippen molar-refractivity contribution >= 4 is 22.8 Å². The first-order valence-corrected chi connectivity index (χ1v) is 12.2. The van der Waals surface area contributed by atoms with Crippen LogP contribution >= 0.6 is 0 Å². The van der Waals surface area contributed by atoms with Crippen molar-refractivity contribution in [3.05, 3.63) is 41.7 Å². The summed E-state index contributed by atoms with van der Waals surface area (Å²) in [6.07, 6.45) is 11.2. The lowest BCUT2D eigenvalue weighted by molar-refractivity contribution is -0.132. The molecule has 1 saturated carbocycles. The summed E-state index contributed by atoms with van der Waals surface area (Å²) in [6, 6.07) is 8.12. The minimum Gasteiger partial charge on any atom is -0.355 e. The van der Waals surface area contributed by atoms with E-state index < -0.39 is 0 Å². The molecule has 2 fully saturated rings. The maximum atomic E-state index is 12.8. The molecule has 32 heavy (non-hydrogen) atoms. The molecule has 2 amide bonds. The zero-order valence-electron chi connectivity index (χ0n) is 19.1. The Hall–Kier alpha value is -2.63. The van der Waals surface area contributed by atoms with E-state index in [4.69, 9.17) is 0 Å². The van der Waals surface area contributed by atoms with Gasteiger partial charge in [-0.1, -0.05) is 23.8 Å². The quantitative estimate of drug-likeness (QED) is 0.704. The van der Waals surface area contributed by atoms with Gasteiger partial charge in [-0.3, -0.25) is 9.59 Å². The van der Waals surface area contributed by atoms with Gasteiger partial charge in [0.05, 0.1) is 11.0 Å². The van der Waals surface area contributed by atoms with Crippen molar-refractivity contribution in [1.29, 1.82) is 0 Å². The molecule has 1 aromatic heterocycles. The standard InChI is InChI=1S/C26H34N4O2/c1-29-22-10-6-5-9-21(22)28-23(29)11-14-27-25(32)20-18-26(20)12-15-30(16-13-26)24(31)17-19-7-3-2-4-8-19/h5-7,9-10,20H,2-4,8,11-18H2,1H3,(H,27,32). The van der Waals surface area contributed by atoms with Gasteiger partial charge in [0.2, 0.25) is 11.8 Å². The molecule has 170 valence electrons. The SMILES string of the molecule is Cn1c(CCNC(=O)C2CC23CCN(C(=O)CC2=CCCCC2)CC3)nc2ccccc21. The number of aryl methyl sites for hydroxylation is 1. The molecular formula is C26H34N4O2. The molecule has 1 saturated heterocycles. The van der Waals surface area contributed by atoms with Gasteiger partial charge >= 0.3 is 0 Å². The van der Waals surface area contributed by atoms with Gasteiger partial charge in [-0.2, -0.15) is 0 Å². The zero-order valence-corrected chi connectivity index (χ0v) is 19.1. The molecule has 1 spiro atoms. The smallest absolute Gasteiger partial charge is 0.226 e. The number of allylic oxidation sites excluding steroid dienone is 1. The molecule has 2 aliphatic carbocycles.